The Morgan fingerprint density at radius 3 is 1.93 bits per heavy atom. The third-order valence-electron chi connectivity index (χ3n) is 6.80. The van der Waals surface area contributed by atoms with Crippen molar-refractivity contribution in [1.82, 2.24) is 9.44 Å². The van der Waals surface area contributed by atoms with Crippen molar-refractivity contribution in [1.29, 1.82) is 0 Å². The molecule has 1 aliphatic heterocycles. The molecular weight excluding hydrogens is 636 g/mol. The molecule has 12 nitrogen and oxygen atoms in total. The van der Waals surface area contributed by atoms with Crippen LogP contribution in [-0.2, 0) is 29.6 Å². The van der Waals surface area contributed by atoms with Crippen molar-refractivity contribution in [3.63, 3.8) is 0 Å². The van der Waals surface area contributed by atoms with Gasteiger partial charge in [0.15, 0.2) is 11.5 Å². The quantitative estimate of drug-likeness (QED) is 0.281. The molecule has 2 N–H and O–H groups in total. The zero-order chi connectivity index (χ0) is 34.0. The highest BCUT2D eigenvalue weighted by molar-refractivity contribution is 7.90. The van der Waals surface area contributed by atoms with Gasteiger partial charge in [-0.05, 0) is 86.2 Å². The number of benzene rings is 3. The maximum atomic E-state index is 13.7. The van der Waals surface area contributed by atoms with Crippen LogP contribution in [0.15, 0.2) is 70.5 Å². The Kier molecular flexibility index (Phi) is 9.92. The lowest BCUT2D eigenvalue weighted by Gasteiger charge is -2.23. The van der Waals surface area contributed by atoms with Crippen molar-refractivity contribution in [2.75, 3.05) is 6.79 Å². The average molecular weight is 675 g/mol. The molecule has 0 spiro atoms. The largest absolute Gasteiger partial charge is 0.475 e. The Hall–Kier alpha value is -4.30. The molecule has 1 heterocycles. The molecule has 46 heavy (non-hydrogen) atoms. The second-order valence-electron chi connectivity index (χ2n) is 12.3. The number of hydrogen-bond acceptors (Lipinski definition) is 10. The summed E-state index contributed by atoms with van der Waals surface area (Å²) in [5.41, 5.74) is 0.637. The summed E-state index contributed by atoms with van der Waals surface area (Å²) < 4.78 is 78.6. The van der Waals surface area contributed by atoms with E-state index in [-0.39, 0.29) is 39.7 Å². The number of carbonyl (C=O) groups excluding carboxylic acids is 2. The van der Waals surface area contributed by atoms with Crippen LogP contribution in [0.1, 0.15) is 83.1 Å². The normalized spacial score (nSPS) is 13.8. The first kappa shape index (κ1) is 34.6. The summed E-state index contributed by atoms with van der Waals surface area (Å²) in [6.45, 7) is 12.3. The Morgan fingerprint density at radius 1 is 0.739 bits per heavy atom. The molecule has 1 unspecified atom stereocenters. The minimum atomic E-state index is -4.34. The Morgan fingerprint density at radius 2 is 1.33 bits per heavy atom. The van der Waals surface area contributed by atoms with Crippen molar-refractivity contribution in [2.45, 2.75) is 81.8 Å². The lowest BCUT2D eigenvalue weighted by Crippen LogP contribution is -2.37. The number of carbonyl (C=O) groups is 2. The first-order valence-corrected chi connectivity index (χ1v) is 17.5. The van der Waals surface area contributed by atoms with Crippen molar-refractivity contribution >= 4 is 32.0 Å². The van der Waals surface area contributed by atoms with Crippen LogP contribution in [0.3, 0.4) is 0 Å². The van der Waals surface area contributed by atoms with Gasteiger partial charge in [-0.1, -0.05) is 45.9 Å². The smallest absolute Gasteiger partial charge is 0.421 e. The van der Waals surface area contributed by atoms with Gasteiger partial charge in [0.05, 0.1) is 9.79 Å². The highest BCUT2D eigenvalue weighted by atomic mass is 32.2. The van der Waals surface area contributed by atoms with Crippen LogP contribution < -0.4 is 23.7 Å². The van der Waals surface area contributed by atoms with Crippen LogP contribution >= 0.6 is 0 Å². The van der Waals surface area contributed by atoms with Gasteiger partial charge in [0.1, 0.15) is 11.4 Å². The maximum absolute atomic E-state index is 13.7. The molecule has 248 valence electrons. The van der Waals surface area contributed by atoms with Crippen molar-refractivity contribution in [3.8, 4) is 17.2 Å². The van der Waals surface area contributed by atoms with Crippen LogP contribution in [0, 0.1) is 0 Å². The highest BCUT2D eigenvalue weighted by Gasteiger charge is 2.31. The van der Waals surface area contributed by atoms with E-state index in [4.69, 9.17) is 18.9 Å². The Labute approximate surface area is 269 Å². The average Bonchev–Trinajstić information content (AvgIpc) is 3.42. The van der Waals surface area contributed by atoms with Crippen LogP contribution in [0.25, 0.3) is 0 Å². The van der Waals surface area contributed by atoms with Gasteiger partial charge in [0.2, 0.25) is 12.9 Å². The maximum Gasteiger partial charge on any atom is 0.421 e. The lowest BCUT2D eigenvalue weighted by atomic mass is 10.0. The number of nitrogens with one attached hydrogen (secondary N) is 2. The molecule has 0 bridgehead atoms. The number of amides is 2. The summed E-state index contributed by atoms with van der Waals surface area (Å²) in [7, 11) is -8.64. The first-order chi connectivity index (χ1) is 21.4. The van der Waals surface area contributed by atoms with Crippen LogP contribution in [0.5, 0.6) is 17.2 Å². The second-order valence-corrected chi connectivity index (χ2v) is 15.6. The number of fused-ring (bicyclic) bond motifs is 1. The predicted molar refractivity (Wildman–Crippen MR) is 169 cm³/mol. The van der Waals surface area contributed by atoms with Gasteiger partial charge in [0.25, 0.3) is 26.0 Å². The standard InChI is InChI=1S/C32H38N2O10S2/c1-19(2)21-8-11-23(12-9-21)45(37,38)33-30(35)29(22-10-14-27-28(16-22)42-18-41-27)43-26-15-13-24(17-25(26)20(3)4)46(39,40)34-31(36)44-32(5,6)7/h8-17,19-20,29H,18H2,1-7H3,(H,33,35)(H,34,36). The van der Waals surface area contributed by atoms with E-state index in [9.17, 15) is 26.4 Å². The molecule has 3 aromatic rings. The molecular formula is C32H38N2O10S2. The van der Waals surface area contributed by atoms with Crippen LogP contribution in [-0.4, -0.2) is 41.2 Å². The second kappa shape index (κ2) is 13.2. The SMILES string of the molecule is CC(C)c1ccc(S(=O)(=O)NC(=O)C(Oc2ccc(S(=O)(=O)NC(=O)OC(C)(C)C)cc2C(C)C)c2ccc3c(c2)OCO3)cc1. The van der Waals surface area contributed by atoms with Crippen molar-refractivity contribution in [3.05, 3.63) is 77.4 Å². The zero-order valence-electron chi connectivity index (χ0n) is 26.6. The number of hydrogen-bond donors (Lipinski definition) is 2. The minimum Gasteiger partial charge on any atom is -0.475 e. The third kappa shape index (κ3) is 8.29. The monoisotopic (exact) mass is 674 g/mol. The van der Waals surface area contributed by atoms with E-state index >= 15 is 0 Å². The third-order valence-corrected chi connectivity index (χ3v) is 9.48. The van der Waals surface area contributed by atoms with Crippen LogP contribution in [0.2, 0.25) is 0 Å². The van der Waals surface area contributed by atoms with E-state index in [1.54, 1.807) is 58.9 Å². The van der Waals surface area contributed by atoms with Gasteiger partial charge in [-0.2, -0.15) is 0 Å². The molecule has 1 aliphatic rings. The molecule has 0 aromatic heterocycles. The summed E-state index contributed by atoms with van der Waals surface area (Å²) in [5, 5.41) is 0. The van der Waals surface area contributed by atoms with E-state index < -0.39 is 43.8 Å². The number of rotatable bonds is 10. The molecule has 14 heteroatoms. The van der Waals surface area contributed by atoms with Gasteiger partial charge in [-0.15, -0.1) is 0 Å². The summed E-state index contributed by atoms with van der Waals surface area (Å²) in [6.07, 6.45) is -2.66. The van der Waals surface area contributed by atoms with E-state index in [1.165, 1.54) is 36.4 Å². The summed E-state index contributed by atoms with van der Waals surface area (Å²) in [4.78, 5) is 25.6. The van der Waals surface area contributed by atoms with Crippen LogP contribution in [0.4, 0.5) is 4.79 Å². The zero-order valence-corrected chi connectivity index (χ0v) is 28.2. The van der Waals surface area contributed by atoms with E-state index in [0.29, 0.717) is 17.1 Å². The van der Waals surface area contributed by atoms with Gasteiger partial charge in [0, 0.05) is 5.56 Å². The van der Waals surface area contributed by atoms with Crippen molar-refractivity contribution in [2.24, 2.45) is 0 Å². The fourth-order valence-electron chi connectivity index (χ4n) is 4.47. The summed E-state index contributed by atoms with van der Waals surface area (Å²) in [5.74, 6) is -0.247. The molecule has 0 saturated heterocycles. The first-order valence-electron chi connectivity index (χ1n) is 14.5. The van der Waals surface area contributed by atoms with Gasteiger partial charge in [-0.25, -0.2) is 31.1 Å². The highest BCUT2D eigenvalue weighted by Crippen LogP contribution is 2.37. The van der Waals surface area contributed by atoms with Gasteiger partial charge < -0.3 is 18.9 Å². The lowest BCUT2D eigenvalue weighted by molar-refractivity contribution is -0.126. The molecule has 0 radical (unpaired) electrons. The minimum absolute atomic E-state index is 0.0258. The Bertz CT molecular complexity index is 1830. The molecule has 0 aliphatic carbocycles. The molecule has 2 amide bonds. The van der Waals surface area contributed by atoms with E-state index in [2.05, 4.69) is 4.72 Å². The summed E-state index contributed by atoms with van der Waals surface area (Å²) >= 11 is 0. The van der Waals surface area contributed by atoms with Gasteiger partial charge in [-0.3, -0.25) is 4.79 Å². The fraction of sp³-hybridized carbons (Fsp3) is 0.375. The molecule has 0 fully saturated rings. The number of ether oxygens (including phenoxy) is 4. The molecule has 1 atom stereocenters. The topological polar surface area (TPSA) is 163 Å². The fourth-order valence-corrected chi connectivity index (χ4v) is 6.37. The predicted octanol–water partition coefficient (Wildman–Crippen LogP) is 5.50. The Balaban J connectivity index is 1.69. The molecule has 3 aromatic carbocycles. The van der Waals surface area contributed by atoms with E-state index in [1.807, 2.05) is 18.6 Å². The summed E-state index contributed by atoms with van der Waals surface area (Å²) in [6, 6.07) is 14.7. The van der Waals surface area contributed by atoms with E-state index in [0.717, 1.165) is 5.56 Å². The molecule has 4 rings (SSSR count). The van der Waals surface area contributed by atoms with Crippen molar-refractivity contribution < 1.29 is 45.4 Å². The van der Waals surface area contributed by atoms with Gasteiger partial charge >= 0.3 is 6.09 Å². The molecule has 0 saturated carbocycles. The number of sulfonamides is 2.